The van der Waals surface area contributed by atoms with Gasteiger partial charge in [0.05, 0.1) is 5.92 Å². The molecule has 21 heavy (non-hydrogen) atoms. The molecule has 1 N–H and O–H groups in total. The lowest BCUT2D eigenvalue weighted by Crippen LogP contribution is -2.41. The van der Waals surface area contributed by atoms with Crippen LogP contribution in [-0.4, -0.2) is 66.9 Å². The number of carbonyl (C=O) groups is 2. The molecule has 1 aromatic heterocycles. The highest BCUT2D eigenvalue weighted by molar-refractivity contribution is 5.92. The van der Waals surface area contributed by atoms with Gasteiger partial charge in [-0.1, -0.05) is 6.07 Å². The first-order chi connectivity index (χ1) is 10.0. The van der Waals surface area contributed by atoms with Crippen molar-refractivity contribution in [2.24, 2.45) is 5.92 Å². The number of aromatic nitrogens is 1. The first kappa shape index (κ1) is 15.4. The highest BCUT2D eigenvalue weighted by Gasteiger charge is 2.29. The second-order valence-electron chi connectivity index (χ2n) is 5.49. The van der Waals surface area contributed by atoms with E-state index >= 15 is 0 Å². The minimum Gasteiger partial charge on any atom is -0.359 e. The van der Waals surface area contributed by atoms with Crippen LogP contribution in [0.25, 0.3) is 0 Å². The molecule has 2 heterocycles. The highest BCUT2D eigenvalue weighted by atomic mass is 16.2. The number of hydrogen-bond acceptors (Lipinski definition) is 4. The maximum Gasteiger partial charge on any atom is 0.272 e. The van der Waals surface area contributed by atoms with E-state index in [1.165, 1.54) is 0 Å². The van der Waals surface area contributed by atoms with E-state index in [1.54, 1.807) is 18.0 Å². The highest BCUT2D eigenvalue weighted by Crippen LogP contribution is 2.12. The van der Waals surface area contributed by atoms with Crippen molar-refractivity contribution in [2.75, 3.05) is 40.3 Å². The Labute approximate surface area is 125 Å². The zero-order chi connectivity index (χ0) is 15.4. The van der Waals surface area contributed by atoms with E-state index < -0.39 is 0 Å². The summed E-state index contributed by atoms with van der Waals surface area (Å²) >= 11 is 0. The predicted molar refractivity (Wildman–Crippen MR) is 79.9 cm³/mol. The molecular formula is C15H22N4O2. The Hall–Kier alpha value is -1.95. The van der Waals surface area contributed by atoms with Crippen LogP contribution in [-0.2, 0) is 4.79 Å². The van der Waals surface area contributed by atoms with Gasteiger partial charge in [0.1, 0.15) is 5.69 Å². The van der Waals surface area contributed by atoms with Crippen molar-refractivity contribution < 1.29 is 9.59 Å². The predicted octanol–water partition coefficient (Wildman–Crippen LogP) is 0.140. The van der Waals surface area contributed by atoms with Crippen molar-refractivity contribution in [2.45, 2.75) is 6.92 Å². The van der Waals surface area contributed by atoms with Gasteiger partial charge >= 0.3 is 0 Å². The summed E-state index contributed by atoms with van der Waals surface area (Å²) in [4.78, 5) is 32.6. The van der Waals surface area contributed by atoms with E-state index in [9.17, 15) is 9.59 Å². The van der Waals surface area contributed by atoms with Gasteiger partial charge in [0.25, 0.3) is 5.91 Å². The topological polar surface area (TPSA) is 65.5 Å². The zero-order valence-corrected chi connectivity index (χ0v) is 12.8. The molecule has 0 radical (unpaired) electrons. The lowest BCUT2D eigenvalue weighted by atomic mass is 10.1. The number of aryl methyl sites for hydroxylation is 1. The number of carbonyl (C=O) groups excluding carboxylic acids is 2. The quantitative estimate of drug-likeness (QED) is 0.841. The minimum absolute atomic E-state index is 0.0289. The average molecular weight is 290 g/mol. The Kier molecular flexibility index (Phi) is 4.90. The summed E-state index contributed by atoms with van der Waals surface area (Å²) in [7, 11) is 3.59. The maximum absolute atomic E-state index is 12.6. The van der Waals surface area contributed by atoms with Gasteiger partial charge < -0.3 is 15.1 Å². The van der Waals surface area contributed by atoms with Crippen LogP contribution in [0.2, 0.25) is 0 Å². The Morgan fingerprint density at radius 1 is 1.29 bits per heavy atom. The molecule has 6 nitrogen and oxygen atoms in total. The number of likely N-dealkylation sites (N-methyl/N-ethyl adjacent to an activating group) is 1. The minimum atomic E-state index is -0.212. The van der Waals surface area contributed by atoms with Gasteiger partial charge in [-0.05, 0) is 26.1 Å². The molecule has 1 aromatic rings. The van der Waals surface area contributed by atoms with Crippen LogP contribution >= 0.6 is 0 Å². The van der Waals surface area contributed by atoms with Gasteiger partial charge in [0, 0.05) is 38.9 Å². The lowest BCUT2D eigenvalue weighted by molar-refractivity contribution is -0.125. The van der Waals surface area contributed by atoms with Crippen LogP contribution in [0.3, 0.4) is 0 Å². The fourth-order valence-electron chi connectivity index (χ4n) is 2.55. The first-order valence-electron chi connectivity index (χ1n) is 7.14. The van der Waals surface area contributed by atoms with E-state index in [0.717, 1.165) is 12.2 Å². The van der Waals surface area contributed by atoms with Crippen molar-refractivity contribution in [3.05, 3.63) is 29.6 Å². The molecule has 0 saturated carbocycles. The third kappa shape index (κ3) is 3.78. The molecule has 2 rings (SSSR count). The Morgan fingerprint density at radius 2 is 2.05 bits per heavy atom. The van der Waals surface area contributed by atoms with Crippen LogP contribution in [0.4, 0.5) is 0 Å². The summed E-state index contributed by atoms with van der Waals surface area (Å²) in [6.45, 7) is 4.31. The summed E-state index contributed by atoms with van der Waals surface area (Å²) in [6, 6.07) is 5.41. The second-order valence-corrected chi connectivity index (χ2v) is 5.49. The number of amides is 2. The monoisotopic (exact) mass is 290 g/mol. The Bertz CT molecular complexity index is 532. The van der Waals surface area contributed by atoms with Crippen molar-refractivity contribution in [1.82, 2.24) is 20.1 Å². The summed E-state index contributed by atoms with van der Waals surface area (Å²) in [5, 5.41) is 2.67. The molecule has 2 amide bonds. The van der Waals surface area contributed by atoms with E-state index in [-0.39, 0.29) is 17.7 Å². The number of hydrogen-bond donors (Lipinski definition) is 1. The Morgan fingerprint density at radius 3 is 2.71 bits per heavy atom. The van der Waals surface area contributed by atoms with E-state index in [2.05, 4.69) is 15.2 Å². The fourth-order valence-corrected chi connectivity index (χ4v) is 2.55. The van der Waals surface area contributed by atoms with E-state index in [0.29, 0.717) is 25.3 Å². The van der Waals surface area contributed by atoms with Gasteiger partial charge in [0.15, 0.2) is 0 Å². The molecule has 6 heteroatoms. The van der Waals surface area contributed by atoms with Crippen molar-refractivity contribution >= 4 is 11.8 Å². The lowest BCUT2D eigenvalue weighted by Gasteiger charge is -2.23. The number of pyridine rings is 1. The first-order valence-corrected chi connectivity index (χ1v) is 7.14. The fraction of sp³-hybridized carbons (Fsp3) is 0.533. The SMILES string of the molecule is CNC(=O)C1CN(C)CCN(C(=O)c2cccc(C)n2)C1. The summed E-state index contributed by atoms with van der Waals surface area (Å²) in [5.74, 6) is -0.349. The molecule has 0 bridgehead atoms. The van der Waals surface area contributed by atoms with Crippen LogP contribution in [0, 0.1) is 12.8 Å². The smallest absolute Gasteiger partial charge is 0.272 e. The van der Waals surface area contributed by atoms with E-state index in [1.807, 2.05) is 26.1 Å². The second kappa shape index (κ2) is 6.67. The zero-order valence-electron chi connectivity index (χ0n) is 12.8. The van der Waals surface area contributed by atoms with E-state index in [4.69, 9.17) is 0 Å². The third-order valence-corrected chi connectivity index (χ3v) is 3.74. The van der Waals surface area contributed by atoms with Gasteiger partial charge in [-0.3, -0.25) is 9.59 Å². The van der Waals surface area contributed by atoms with Gasteiger partial charge in [0.2, 0.25) is 5.91 Å². The van der Waals surface area contributed by atoms with Gasteiger partial charge in [-0.15, -0.1) is 0 Å². The molecule has 1 atom stereocenters. The largest absolute Gasteiger partial charge is 0.359 e. The van der Waals surface area contributed by atoms with Crippen molar-refractivity contribution in [3.63, 3.8) is 0 Å². The van der Waals surface area contributed by atoms with Crippen LogP contribution in [0.5, 0.6) is 0 Å². The molecular weight excluding hydrogens is 268 g/mol. The maximum atomic E-state index is 12.6. The molecule has 1 aliphatic rings. The molecule has 114 valence electrons. The Balaban J connectivity index is 2.17. The summed E-state index contributed by atoms with van der Waals surface area (Å²) in [6.07, 6.45) is 0. The third-order valence-electron chi connectivity index (χ3n) is 3.74. The van der Waals surface area contributed by atoms with Gasteiger partial charge in [-0.25, -0.2) is 4.98 Å². The molecule has 1 fully saturated rings. The summed E-state index contributed by atoms with van der Waals surface area (Å²) in [5.41, 5.74) is 1.26. The summed E-state index contributed by atoms with van der Waals surface area (Å²) < 4.78 is 0. The number of nitrogens with zero attached hydrogens (tertiary/aromatic N) is 3. The van der Waals surface area contributed by atoms with Crippen LogP contribution in [0.1, 0.15) is 16.2 Å². The molecule has 1 unspecified atom stereocenters. The molecule has 0 spiro atoms. The average Bonchev–Trinajstić information content (AvgIpc) is 2.67. The van der Waals surface area contributed by atoms with Crippen LogP contribution < -0.4 is 5.32 Å². The molecule has 0 aromatic carbocycles. The van der Waals surface area contributed by atoms with Gasteiger partial charge in [-0.2, -0.15) is 0 Å². The number of nitrogens with one attached hydrogen (secondary N) is 1. The molecule has 1 saturated heterocycles. The standard InChI is InChI=1S/C15H22N4O2/c1-11-5-4-6-13(17-11)15(21)19-8-7-18(3)9-12(10-19)14(20)16-2/h4-6,12H,7-10H2,1-3H3,(H,16,20). The van der Waals surface area contributed by atoms with Crippen molar-refractivity contribution in [1.29, 1.82) is 0 Å². The molecule has 0 aliphatic carbocycles. The van der Waals surface area contributed by atoms with Crippen LogP contribution in [0.15, 0.2) is 18.2 Å². The molecule has 1 aliphatic heterocycles. The normalized spacial score (nSPS) is 20.0. The number of rotatable bonds is 2. The van der Waals surface area contributed by atoms with Crippen molar-refractivity contribution in [3.8, 4) is 0 Å².